The van der Waals surface area contributed by atoms with E-state index in [2.05, 4.69) is 45.9 Å². The molecule has 3 aliphatic heterocycles. The van der Waals surface area contributed by atoms with E-state index in [1.54, 1.807) is 23.0 Å². The highest BCUT2D eigenvalue weighted by atomic mass is 16.2. The standard InChI is InChI=1S/C30H34N8O2/c1-4-27(39)37-14-13-26(24-7-5-6-8-25(24)37)38-20-21-19-31-29(33-28(21)35(3)30(38)40)32-22-9-11-23(12-10-22)36-17-15-34(2)16-18-36/h4-12,19,26H,1,13-18,20H2,2-3H3,(H,31,32,33)/t26-/m0/s1. The van der Waals surface area contributed by atoms with Gasteiger partial charge in [0.15, 0.2) is 0 Å². The Bertz CT molecular complexity index is 1430. The number of anilines is 5. The third-order valence-electron chi connectivity index (χ3n) is 8.05. The van der Waals surface area contributed by atoms with Gasteiger partial charge in [-0.2, -0.15) is 4.98 Å². The van der Waals surface area contributed by atoms with Gasteiger partial charge in [-0.15, -0.1) is 0 Å². The maximum absolute atomic E-state index is 13.6. The molecule has 6 rings (SSSR count). The molecule has 1 fully saturated rings. The van der Waals surface area contributed by atoms with Crippen molar-refractivity contribution in [1.82, 2.24) is 19.8 Å². The summed E-state index contributed by atoms with van der Waals surface area (Å²) in [6.45, 7) is 8.71. The molecule has 1 aromatic heterocycles. The fourth-order valence-electron chi connectivity index (χ4n) is 5.79. The van der Waals surface area contributed by atoms with Crippen LogP contribution < -0.4 is 20.0 Å². The second-order valence-corrected chi connectivity index (χ2v) is 10.5. The van der Waals surface area contributed by atoms with E-state index in [0.717, 1.165) is 48.7 Å². The van der Waals surface area contributed by atoms with E-state index in [-0.39, 0.29) is 18.0 Å². The summed E-state index contributed by atoms with van der Waals surface area (Å²) < 4.78 is 0. The first-order chi connectivity index (χ1) is 19.4. The molecular formula is C30H34N8O2. The average molecular weight is 539 g/mol. The van der Waals surface area contributed by atoms with Gasteiger partial charge in [-0.05, 0) is 55.4 Å². The highest BCUT2D eigenvalue weighted by molar-refractivity contribution is 6.02. The van der Waals surface area contributed by atoms with Gasteiger partial charge in [0.1, 0.15) is 5.82 Å². The van der Waals surface area contributed by atoms with Crippen molar-refractivity contribution in [2.24, 2.45) is 0 Å². The molecule has 4 heterocycles. The van der Waals surface area contributed by atoms with E-state index < -0.39 is 0 Å². The lowest BCUT2D eigenvalue weighted by molar-refractivity contribution is -0.114. The fraction of sp³-hybridized carbons (Fsp3) is 0.333. The van der Waals surface area contributed by atoms with Crippen molar-refractivity contribution in [3.8, 4) is 0 Å². The van der Waals surface area contributed by atoms with Crippen LogP contribution in [0.4, 0.5) is 33.6 Å². The molecule has 0 bridgehead atoms. The number of nitrogens with zero attached hydrogens (tertiary/aromatic N) is 7. The Hall–Kier alpha value is -4.44. The third-order valence-corrected chi connectivity index (χ3v) is 8.05. The van der Waals surface area contributed by atoms with Crippen molar-refractivity contribution in [1.29, 1.82) is 0 Å². The van der Waals surface area contributed by atoms with Crippen LogP contribution in [0.2, 0.25) is 0 Å². The Kier molecular flexibility index (Phi) is 6.85. The average Bonchev–Trinajstić information content (AvgIpc) is 2.99. The van der Waals surface area contributed by atoms with Crippen LogP contribution in [0.15, 0.2) is 67.4 Å². The lowest BCUT2D eigenvalue weighted by Gasteiger charge is -2.43. The molecule has 10 heteroatoms. The Labute approximate surface area is 234 Å². The van der Waals surface area contributed by atoms with Crippen LogP contribution in [0.5, 0.6) is 0 Å². The van der Waals surface area contributed by atoms with Gasteiger partial charge in [0.2, 0.25) is 11.9 Å². The second-order valence-electron chi connectivity index (χ2n) is 10.5. The number of amides is 3. The normalized spacial score (nSPS) is 19.2. The van der Waals surface area contributed by atoms with Gasteiger partial charge in [-0.3, -0.25) is 9.69 Å². The number of aromatic nitrogens is 2. The van der Waals surface area contributed by atoms with Crippen LogP contribution in [0.1, 0.15) is 23.6 Å². The van der Waals surface area contributed by atoms with E-state index in [9.17, 15) is 9.59 Å². The van der Waals surface area contributed by atoms with Gasteiger partial charge in [-0.1, -0.05) is 24.8 Å². The van der Waals surface area contributed by atoms with Crippen molar-refractivity contribution in [3.05, 3.63) is 78.5 Å². The van der Waals surface area contributed by atoms with Crippen LogP contribution in [-0.4, -0.2) is 78.5 Å². The summed E-state index contributed by atoms with van der Waals surface area (Å²) in [4.78, 5) is 45.2. The van der Waals surface area contributed by atoms with E-state index in [0.29, 0.717) is 31.3 Å². The minimum Gasteiger partial charge on any atom is -0.369 e. The number of likely N-dealkylation sites (N-methyl/N-ethyl adjacent to an activating group) is 1. The maximum atomic E-state index is 13.6. The lowest BCUT2D eigenvalue weighted by Crippen LogP contribution is -2.49. The number of rotatable bonds is 5. The summed E-state index contributed by atoms with van der Waals surface area (Å²) in [5, 5.41) is 3.29. The lowest BCUT2D eigenvalue weighted by atomic mass is 9.94. The minimum atomic E-state index is -0.162. The first-order valence-corrected chi connectivity index (χ1v) is 13.7. The molecule has 0 saturated carbocycles. The van der Waals surface area contributed by atoms with E-state index in [1.807, 2.05) is 41.3 Å². The highest BCUT2D eigenvalue weighted by Crippen LogP contribution is 2.41. The Balaban J connectivity index is 1.19. The number of hydrogen-bond donors (Lipinski definition) is 1. The summed E-state index contributed by atoms with van der Waals surface area (Å²) in [6.07, 6.45) is 3.76. The zero-order valence-electron chi connectivity index (χ0n) is 23.0. The second kappa shape index (κ2) is 10.6. The quantitative estimate of drug-likeness (QED) is 0.491. The van der Waals surface area contributed by atoms with Crippen LogP contribution >= 0.6 is 0 Å². The van der Waals surface area contributed by atoms with Gasteiger partial charge in [-0.25, -0.2) is 9.78 Å². The predicted molar refractivity (Wildman–Crippen MR) is 157 cm³/mol. The predicted octanol–water partition coefficient (Wildman–Crippen LogP) is 4.01. The zero-order valence-corrected chi connectivity index (χ0v) is 23.0. The number of urea groups is 1. The molecule has 10 nitrogen and oxygen atoms in total. The number of carbonyl (C=O) groups is 2. The van der Waals surface area contributed by atoms with Gasteiger partial charge in [0.05, 0.1) is 12.6 Å². The number of para-hydroxylation sites is 1. The summed E-state index contributed by atoms with van der Waals surface area (Å²) in [7, 11) is 3.90. The molecule has 3 aromatic rings. The Morgan fingerprint density at radius 3 is 2.52 bits per heavy atom. The van der Waals surface area contributed by atoms with Gasteiger partial charge < -0.3 is 24.9 Å². The first kappa shape index (κ1) is 25.8. The molecule has 40 heavy (non-hydrogen) atoms. The molecule has 3 amide bonds. The third kappa shape index (κ3) is 4.75. The molecule has 0 unspecified atom stereocenters. The van der Waals surface area contributed by atoms with Crippen molar-refractivity contribution in [2.75, 3.05) is 66.8 Å². The van der Waals surface area contributed by atoms with Crippen LogP contribution in [-0.2, 0) is 11.3 Å². The number of fused-ring (bicyclic) bond motifs is 2. The summed E-state index contributed by atoms with van der Waals surface area (Å²) in [5.41, 5.74) is 4.74. The smallest absolute Gasteiger partial charge is 0.326 e. The zero-order chi connectivity index (χ0) is 27.8. The largest absolute Gasteiger partial charge is 0.369 e. The first-order valence-electron chi connectivity index (χ1n) is 13.7. The number of carbonyl (C=O) groups excluding carboxylic acids is 2. The molecule has 206 valence electrons. The summed E-state index contributed by atoms with van der Waals surface area (Å²) in [6, 6.07) is 15.8. The molecule has 2 aromatic carbocycles. The number of piperazine rings is 1. The molecule has 0 spiro atoms. The van der Waals surface area contributed by atoms with Crippen molar-refractivity contribution >= 4 is 40.8 Å². The highest BCUT2D eigenvalue weighted by Gasteiger charge is 2.38. The molecule has 1 atom stereocenters. The van der Waals surface area contributed by atoms with E-state index in [4.69, 9.17) is 4.98 Å². The van der Waals surface area contributed by atoms with Crippen molar-refractivity contribution in [3.63, 3.8) is 0 Å². The van der Waals surface area contributed by atoms with E-state index >= 15 is 0 Å². The summed E-state index contributed by atoms with van der Waals surface area (Å²) >= 11 is 0. The van der Waals surface area contributed by atoms with Crippen LogP contribution in [0.3, 0.4) is 0 Å². The van der Waals surface area contributed by atoms with Gasteiger partial charge in [0.25, 0.3) is 0 Å². The Morgan fingerprint density at radius 1 is 1.02 bits per heavy atom. The number of hydrogen-bond acceptors (Lipinski definition) is 7. The van der Waals surface area contributed by atoms with Crippen LogP contribution in [0, 0.1) is 0 Å². The monoisotopic (exact) mass is 538 g/mol. The van der Waals surface area contributed by atoms with Crippen molar-refractivity contribution in [2.45, 2.75) is 19.0 Å². The van der Waals surface area contributed by atoms with E-state index in [1.165, 1.54) is 11.8 Å². The summed E-state index contributed by atoms with van der Waals surface area (Å²) in [5.74, 6) is 0.905. The number of benzene rings is 2. The number of nitrogens with one attached hydrogen (secondary N) is 1. The van der Waals surface area contributed by atoms with Crippen molar-refractivity contribution < 1.29 is 9.59 Å². The fourth-order valence-corrected chi connectivity index (χ4v) is 5.79. The molecule has 0 radical (unpaired) electrons. The maximum Gasteiger partial charge on any atom is 0.326 e. The molecule has 1 saturated heterocycles. The van der Waals surface area contributed by atoms with Crippen LogP contribution in [0.25, 0.3) is 0 Å². The van der Waals surface area contributed by atoms with Gasteiger partial charge >= 0.3 is 6.03 Å². The molecular weight excluding hydrogens is 504 g/mol. The van der Waals surface area contributed by atoms with Gasteiger partial charge in [0, 0.05) is 68.6 Å². The topological polar surface area (TPSA) is 88.2 Å². The molecule has 1 N–H and O–H groups in total. The molecule has 0 aliphatic carbocycles. The minimum absolute atomic E-state index is 0.128. The SMILES string of the molecule is C=CC(=O)N1CC[C@H](N2Cc3cnc(Nc4ccc(N5CCN(C)CC5)cc4)nc3N(C)C2=O)c2ccccc21. The Morgan fingerprint density at radius 2 is 1.77 bits per heavy atom. The molecule has 3 aliphatic rings.